The fourth-order valence-corrected chi connectivity index (χ4v) is 1.48. The predicted octanol–water partition coefficient (Wildman–Crippen LogP) is 3.42. The first-order valence-corrected chi connectivity index (χ1v) is 6.93. The van der Waals surface area contributed by atoms with Gasteiger partial charge in [0.05, 0.1) is 0 Å². The third kappa shape index (κ3) is 17.0. The molecule has 0 saturated carbocycles. The molecule has 17 heavy (non-hydrogen) atoms. The summed E-state index contributed by atoms with van der Waals surface area (Å²) in [5.74, 6) is 0.810. The molecule has 0 radical (unpaired) electrons. The average molecular weight is 466 g/mol. The van der Waals surface area contributed by atoms with E-state index in [0.29, 0.717) is 0 Å². The normalized spacial score (nSPS) is 18.2. The molecule has 0 aromatic heterocycles. The van der Waals surface area contributed by atoms with Crippen LogP contribution in [-0.4, -0.2) is 26.3 Å². The third-order valence-electron chi connectivity index (χ3n) is 2.67. The minimum Gasteiger partial charge on any atom is -0.381 e. The van der Waals surface area contributed by atoms with Crippen LogP contribution in [0.15, 0.2) is 0 Å². The van der Waals surface area contributed by atoms with Gasteiger partial charge in [-0.05, 0) is 19.4 Å². The van der Waals surface area contributed by atoms with Crippen LogP contribution >= 0.6 is 0 Å². The summed E-state index contributed by atoms with van der Waals surface area (Å²) in [4.78, 5) is 0. The Labute approximate surface area is 132 Å². The van der Waals surface area contributed by atoms with Gasteiger partial charge in [0.2, 0.25) is 0 Å². The second-order valence-electron chi connectivity index (χ2n) is 4.54. The molecule has 102 valence electrons. The van der Waals surface area contributed by atoms with E-state index < -0.39 is 0 Å². The van der Waals surface area contributed by atoms with E-state index in [2.05, 4.69) is 32.5 Å². The van der Waals surface area contributed by atoms with Crippen LogP contribution in [0.1, 0.15) is 52.9 Å². The van der Waals surface area contributed by atoms with Crippen molar-refractivity contribution >= 4 is 0 Å². The van der Waals surface area contributed by atoms with Gasteiger partial charge in [-0.25, -0.2) is 0 Å². The van der Waals surface area contributed by atoms with Crippen molar-refractivity contribution in [3.8, 4) is 0 Å². The monoisotopic (exact) mass is 466 g/mol. The molecule has 1 aliphatic rings. The van der Waals surface area contributed by atoms with Crippen molar-refractivity contribution in [1.29, 1.82) is 0 Å². The maximum atomic E-state index is 5.38. The van der Waals surface area contributed by atoms with Crippen molar-refractivity contribution in [3.05, 3.63) is 6.42 Å². The van der Waals surface area contributed by atoms with Crippen molar-refractivity contribution in [2.45, 2.75) is 52.9 Å². The summed E-state index contributed by atoms with van der Waals surface area (Å²) >= 11 is 0. The van der Waals surface area contributed by atoms with Crippen LogP contribution in [0.4, 0.5) is 0 Å². The molecule has 2 nitrogen and oxygen atoms in total. The first-order chi connectivity index (χ1) is 7.81. The van der Waals surface area contributed by atoms with Crippen molar-refractivity contribution in [1.82, 2.24) is 5.32 Å². The zero-order chi connectivity index (χ0) is 12.1. The molecule has 1 unspecified atom stereocenters. The van der Waals surface area contributed by atoms with E-state index in [0.717, 1.165) is 25.7 Å². The Bertz CT molecular complexity index is 119. The zero-order valence-electron chi connectivity index (χ0n) is 11.9. The average Bonchev–Trinajstić information content (AvgIpc) is 2.75. The Kier molecular flexibility index (Phi) is 20.3. The summed E-state index contributed by atoms with van der Waals surface area (Å²) in [5, 5.41) is 3.22. The van der Waals surface area contributed by atoms with Crippen LogP contribution in [0.3, 0.4) is 0 Å². The molecule has 0 amide bonds. The van der Waals surface area contributed by atoms with E-state index in [4.69, 9.17) is 4.74 Å². The largest absolute Gasteiger partial charge is 0.381 e. The fraction of sp³-hybridized carbons (Fsp3) is 0.929. The maximum absolute atomic E-state index is 5.38. The van der Waals surface area contributed by atoms with Crippen molar-refractivity contribution in [2.75, 3.05) is 26.3 Å². The van der Waals surface area contributed by atoms with Crippen molar-refractivity contribution in [3.63, 3.8) is 0 Å². The SMILES string of the molecule is CC1[CH-]CNC1.CCCCCOCCCC.[U]. The number of nitrogens with one attached hydrogen (secondary N) is 1. The second-order valence-corrected chi connectivity index (χ2v) is 4.54. The number of hydrogen-bond acceptors (Lipinski definition) is 2. The number of hydrogen-bond donors (Lipinski definition) is 1. The Morgan fingerprint density at radius 2 is 1.76 bits per heavy atom. The number of ether oxygens (including phenoxy) is 1. The van der Waals surface area contributed by atoms with Crippen LogP contribution in [0.2, 0.25) is 0 Å². The van der Waals surface area contributed by atoms with Gasteiger partial charge in [0, 0.05) is 44.3 Å². The van der Waals surface area contributed by atoms with Gasteiger partial charge < -0.3 is 16.5 Å². The molecule has 0 spiro atoms. The van der Waals surface area contributed by atoms with Crippen LogP contribution in [-0.2, 0) is 4.74 Å². The molecule has 0 aliphatic carbocycles. The Morgan fingerprint density at radius 3 is 2.18 bits per heavy atom. The molecule has 0 aromatic rings. The number of rotatable bonds is 7. The maximum Gasteiger partial charge on any atom is 0.0466 e. The minimum atomic E-state index is 0. The van der Waals surface area contributed by atoms with E-state index in [1.165, 1.54) is 38.6 Å². The van der Waals surface area contributed by atoms with Crippen molar-refractivity contribution in [2.24, 2.45) is 5.92 Å². The predicted molar refractivity (Wildman–Crippen MR) is 71.6 cm³/mol. The van der Waals surface area contributed by atoms with E-state index in [1.54, 1.807) is 0 Å². The summed E-state index contributed by atoms with van der Waals surface area (Å²) < 4.78 is 5.38. The third-order valence-corrected chi connectivity index (χ3v) is 2.67. The van der Waals surface area contributed by atoms with Crippen LogP contribution in [0.5, 0.6) is 0 Å². The van der Waals surface area contributed by atoms with E-state index >= 15 is 0 Å². The van der Waals surface area contributed by atoms with Gasteiger partial charge in [-0.15, -0.1) is 6.54 Å². The summed E-state index contributed by atoms with van der Waals surface area (Å²) in [5.41, 5.74) is 0. The smallest absolute Gasteiger partial charge is 0.0466 e. The summed E-state index contributed by atoms with van der Waals surface area (Å²) in [6.07, 6.45) is 8.59. The van der Waals surface area contributed by atoms with Gasteiger partial charge in [-0.2, -0.15) is 5.92 Å². The van der Waals surface area contributed by atoms with E-state index in [9.17, 15) is 0 Å². The number of unbranched alkanes of at least 4 members (excludes halogenated alkanes) is 3. The van der Waals surface area contributed by atoms with E-state index in [-0.39, 0.29) is 31.1 Å². The van der Waals surface area contributed by atoms with Gasteiger partial charge in [0.25, 0.3) is 0 Å². The molecule has 1 atom stereocenters. The summed E-state index contributed by atoms with van der Waals surface area (Å²) in [7, 11) is 0. The Morgan fingerprint density at radius 1 is 1.12 bits per heavy atom. The molecular weight excluding hydrogens is 436 g/mol. The molecule has 1 rings (SSSR count). The Hall–Kier alpha value is 0.972. The molecule has 1 fully saturated rings. The van der Waals surface area contributed by atoms with Gasteiger partial charge in [-0.1, -0.05) is 40.0 Å². The quantitative estimate of drug-likeness (QED) is 0.459. The molecule has 0 bridgehead atoms. The van der Waals surface area contributed by atoms with E-state index in [1.807, 2.05) is 0 Å². The van der Waals surface area contributed by atoms with Crippen molar-refractivity contribution < 1.29 is 35.9 Å². The molecule has 1 saturated heterocycles. The summed E-state index contributed by atoms with van der Waals surface area (Å²) in [6.45, 7) is 10.8. The fourth-order valence-electron chi connectivity index (χ4n) is 1.48. The molecule has 0 aromatic carbocycles. The molecular formula is C14H30NOU-. The molecule has 1 heterocycles. The first-order valence-electron chi connectivity index (χ1n) is 6.93. The molecule has 3 heteroatoms. The van der Waals surface area contributed by atoms with Gasteiger partial charge in [0.1, 0.15) is 0 Å². The van der Waals surface area contributed by atoms with Gasteiger partial charge in [0.15, 0.2) is 0 Å². The van der Waals surface area contributed by atoms with Gasteiger partial charge in [-0.3, -0.25) is 0 Å². The molecule has 1 N–H and O–H groups in total. The topological polar surface area (TPSA) is 21.3 Å². The second kappa shape index (κ2) is 17.0. The van der Waals surface area contributed by atoms with Crippen LogP contribution in [0.25, 0.3) is 0 Å². The van der Waals surface area contributed by atoms with Crippen LogP contribution in [0, 0.1) is 43.5 Å². The molecule has 1 aliphatic heterocycles. The zero-order valence-corrected chi connectivity index (χ0v) is 16.1. The summed E-state index contributed by atoms with van der Waals surface area (Å²) in [6, 6.07) is 0. The first kappa shape index (κ1) is 20.3. The van der Waals surface area contributed by atoms with Crippen LogP contribution < -0.4 is 5.32 Å². The van der Waals surface area contributed by atoms with Gasteiger partial charge >= 0.3 is 0 Å². The minimum absolute atomic E-state index is 0. The standard InChI is InChI=1S/C9H20O.C5H10N.U/c1-3-5-7-9-10-8-6-4-2;1-5-2-3-6-4-5;/h3-9H2,1-2H3;2,5-6H,3-4H2,1H3;/q;-1;. The Balaban J connectivity index is 0.